The standard InChI is InChI=1S/C10H12BrN3/c1-14(2)6-7-4-12-9-3-10(11)13-5-8(7)9/h3-5,12H,6H2,1-2H3/p+1. The van der Waals surface area contributed by atoms with Crippen LogP contribution in [0.3, 0.4) is 0 Å². The van der Waals surface area contributed by atoms with Crippen LogP contribution in [-0.4, -0.2) is 24.1 Å². The Kier molecular flexibility index (Phi) is 2.56. The van der Waals surface area contributed by atoms with Gasteiger partial charge < -0.3 is 9.88 Å². The van der Waals surface area contributed by atoms with E-state index in [-0.39, 0.29) is 0 Å². The number of hydrogen-bond donors (Lipinski definition) is 2. The maximum atomic E-state index is 4.23. The molecule has 0 radical (unpaired) electrons. The zero-order valence-corrected chi connectivity index (χ0v) is 9.85. The lowest BCUT2D eigenvalue weighted by Gasteiger charge is -2.05. The molecule has 2 heterocycles. The van der Waals surface area contributed by atoms with Crippen molar-refractivity contribution in [1.82, 2.24) is 9.97 Å². The highest BCUT2D eigenvalue weighted by molar-refractivity contribution is 9.10. The van der Waals surface area contributed by atoms with Gasteiger partial charge in [-0.1, -0.05) is 0 Å². The molecule has 2 N–H and O–H groups in total. The third-order valence-corrected chi connectivity index (χ3v) is 2.60. The predicted molar refractivity (Wildman–Crippen MR) is 60.3 cm³/mol. The molecule has 4 heteroatoms. The van der Waals surface area contributed by atoms with Gasteiger partial charge in [-0.3, -0.25) is 0 Å². The molecule has 0 bridgehead atoms. The minimum Gasteiger partial charge on any atom is -0.361 e. The molecule has 74 valence electrons. The molecular formula is C10H13BrN3+. The summed E-state index contributed by atoms with van der Waals surface area (Å²) < 4.78 is 0.871. The molecule has 14 heavy (non-hydrogen) atoms. The molecule has 0 fully saturated rings. The Morgan fingerprint density at radius 1 is 1.50 bits per heavy atom. The molecule has 0 unspecified atom stereocenters. The van der Waals surface area contributed by atoms with Crippen LogP contribution in [0.15, 0.2) is 23.1 Å². The number of fused-ring (bicyclic) bond motifs is 1. The molecule has 0 aliphatic heterocycles. The molecule has 0 saturated carbocycles. The van der Waals surface area contributed by atoms with E-state index >= 15 is 0 Å². The van der Waals surface area contributed by atoms with E-state index in [4.69, 9.17) is 0 Å². The fourth-order valence-electron chi connectivity index (χ4n) is 1.57. The van der Waals surface area contributed by atoms with Crippen LogP contribution >= 0.6 is 15.9 Å². The first-order valence-electron chi connectivity index (χ1n) is 4.57. The number of quaternary nitrogens is 1. The monoisotopic (exact) mass is 254 g/mol. The van der Waals surface area contributed by atoms with Crippen LogP contribution in [0.5, 0.6) is 0 Å². The molecule has 0 spiro atoms. The van der Waals surface area contributed by atoms with Crippen molar-refractivity contribution in [3.05, 3.63) is 28.6 Å². The van der Waals surface area contributed by atoms with Crippen molar-refractivity contribution in [2.24, 2.45) is 0 Å². The smallest absolute Gasteiger partial charge is 0.108 e. The largest absolute Gasteiger partial charge is 0.361 e. The summed E-state index contributed by atoms with van der Waals surface area (Å²) in [5, 5.41) is 1.22. The molecule has 0 aromatic carbocycles. The molecule has 2 rings (SSSR count). The normalized spacial score (nSPS) is 11.4. The maximum absolute atomic E-state index is 4.23. The number of rotatable bonds is 2. The molecule has 2 aromatic heterocycles. The first kappa shape index (κ1) is 9.68. The quantitative estimate of drug-likeness (QED) is 0.770. The fraction of sp³-hybridized carbons (Fsp3) is 0.300. The number of aromatic nitrogens is 2. The van der Waals surface area contributed by atoms with Gasteiger partial charge in [0, 0.05) is 23.3 Å². The van der Waals surface area contributed by atoms with Gasteiger partial charge in [0.2, 0.25) is 0 Å². The van der Waals surface area contributed by atoms with E-state index in [1.165, 1.54) is 15.8 Å². The molecule has 0 saturated heterocycles. The lowest BCUT2D eigenvalue weighted by Crippen LogP contribution is -3.04. The molecule has 0 aliphatic carbocycles. The Balaban J connectivity index is 2.47. The third kappa shape index (κ3) is 1.81. The Morgan fingerprint density at radius 2 is 2.29 bits per heavy atom. The molecule has 0 aliphatic rings. The van der Waals surface area contributed by atoms with Gasteiger partial charge in [-0.25, -0.2) is 4.98 Å². The van der Waals surface area contributed by atoms with E-state index in [0.717, 1.165) is 16.7 Å². The predicted octanol–water partition coefficient (Wildman–Crippen LogP) is 0.970. The first-order chi connectivity index (χ1) is 6.66. The number of halogens is 1. The van der Waals surface area contributed by atoms with E-state index in [9.17, 15) is 0 Å². The highest BCUT2D eigenvalue weighted by Crippen LogP contribution is 2.19. The number of nitrogens with zero attached hydrogens (tertiary/aromatic N) is 1. The lowest BCUT2D eigenvalue weighted by molar-refractivity contribution is -0.872. The first-order valence-corrected chi connectivity index (χ1v) is 5.36. The summed E-state index contributed by atoms with van der Waals surface area (Å²) in [4.78, 5) is 8.90. The minimum absolute atomic E-state index is 0.871. The van der Waals surface area contributed by atoms with Gasteiger partial charge in [-0.15, -0.1) is 0 Å². The Hall–Kier alpha value is -0.870. The highest BCUT2D eigenvalue weighted by atomic mass is 79.9. The van der Waals surface area contributed by atoms with E-state index in [0.29, 0.717) is 0 Å². The fourth-order valence-corrected chi connectivity index (χ4v) is 1.91. The van der Waals surface area contributed by atoms with Crippen LogP contribution in [0.1, 0.15) is 5.56 Å². The minimum atomic E-state index is 0.871. The van der Waals surface area contributed by atoms with E-state index in [1.807, 2.05) is 12.3 Å². The zero-order valence-electron chi connectivity index (χ0n) is 8.26. The summed E-state index contributed by atoms with van der Waals surface area (Å²) >= 11 is 3.36. The van der Waals surface area contributed by atoms with Crippen molar-refractivity contribution in [3.8, 4) is 0 Å². The van der Waals surface area contributed by atoms with Gasteiger partial charge in [0.1, 0.15) is 11.1 Å². The number of nitrogens with one attached hydrogen (secondary N) is 2. The Bertz CT molecular complexity index is 448. The van der Waals surface area contributed by atoms with Crippen molar-refractivity contribution in [1.29, 1.82) is 0 Å². The summed E-state index contributed by atoms with van der Waals surface area (Å²) in [5.74, 6) is 0. The zero-order chi connectivity index (χ0) is 10.1. The molecule has 0 amide bonds. The van der Waals surface area contributed by atoms with Gasteiger partial charge in [0.05, 0.1) is 19.6 Å². The van der Waals surface area contributed by atoms with Crippen molar-refractivity contribution in [3.63, 3.8) is 0 Å². The highest BCUT2D eigenvalue weighted by Gasteiger charge is 2.06. The molecule has 2 aromatic rings. The third-order valence-electron chi connectivity index (χ3n) is 2.16. The van der Waals surface area contributed by atoms with Gasteiger partial charge in [0.25, 0.3) is 0 Å². The van der Waals surface area contributed by atoms with Crippen LogP contribution in [0, 0.1) is 0 Å². The van der Waals surface area contributed by atoms with Gasteiger partial charge >= 0.3 is 0 Å². The Morgan fingerprint density at radius 3 is 3.00 bits per heavy atom. The summed E-state index contributed by atoms with van der Waals surface area (Å²) in [6, 6.07) is 2.00. The SMILES string of the molecule is C[NH+](C)Cc1c[nH]c2cc(Br)ncc12. The van der Waals surface area contributed by atoms with Crippen LogP contribution in [-0.2, 0) is 6.54 Å². The van der Waals surface area contributed by atoms with Crippen LogP contribution in [0.4, 0.5) is 0 Å². The van der Waals surface area contributed by atoms with E-state index in [2.05, 4.69) is 46.2 Å². The van der Waals surface area contributed by atoms with Crippen LogP contribution in [0.2, 0.25) is 0 Å². The molecule has 3 nitrogen and oxygen atoms in total. The van der Waals surface area contributed by atoms with Gasteiger partial charge in [0.15, 0.2) is 0 Å². The summed E-state index contributed by atoms with van der Waals surface area (Å²) in [5.41, 5.74) is 2.46. The second-order valence-electron chi connectivity index (χ2n) is 3.75. The van der Waals surface area contributed by atoms with Crippen LogP contribution in [0.25, 0.3) is 10.9 Å². The molecular weight excluding hydrogens is 242 g/mol. The second-order valence-corrected chi connectivity index (χ2v) is 4.56. The van der Waals surface area contributed by atoms with E-state index in [1.54, 1.807) is 0 Å². The van der Waals surface area contributed by atoms with Gasteiger partial charge in [-0.05, 0) is 22.0 Å². The van der Waals surface area contributed by atoms with E-state index < -0.39 is 0 Å². The van der Waals surface area contributed by atoms with Crippen molar-refractivity contribution in [2.75, 3.05) is 14.1 Å². The summed E-state index contributed by atoms with van der Waals surface area (Å²) in [6.45, 7) is 1.02. The average Bonchev–Trinajstić information content (AvgIpc) is 2.47. The Labute approximate surface area is 91.3 Å². The van der Waals surface area contributed by atoms with Crippen molar-refractivity contribution >= 4 is 26.8 Å². The topological polar surface area (TPSA) is 33.1 Å². The van der Waals surface area contributed by atoms with Gasteiger partial charge in [-0.2, -0.15) is 0 Å². The number of H-pyrrole nitrogens is 1. The number of aromatic amines is 1. The summed E-state index contributed by atoms with van der Waals surface area (Å²) in [7, 11) is 4.29. The van der Waals surface area contributed by atoms with Crippen molar-refractivity contribution < 1.29 is 4.90 Å². The average molecular weight is 255 g/mol. The maximum Gasteiger partial charge on any atom is 0.108 e. The lowest BCUT2D eigenvalue weighted by atomic mass is 10.2. The van der Waals surface area contributed by atoms with Crippen LogP contribution < -0.4 is 4.90 Å². The number of pyridine rings is 1. The summed E-state index contributed by atoms with van der Waals surface area (Å²) in [6.07, 6.45) is 3.97. The number of hydrogen-bond acceptors (Lipinski definition) is 1. The second kappa shape index (κ2) is 3.71. The van der Waals surface area contributed by atoms with Crippen molar-refractivity contribution in [2.45, 2.75) is 6.54 Å². The molecule has 0 atom stereocenters.